The number of rotatable bonds is 7. The smallest absolute Gasteiger partial charge is 0.268 e. The molecule has 3 aromatic carbocycles. The molecule has 3 aromatic rings. The topological polar surface area (TPSA) is 67.9 Å². The highest BCUT2D eigenvalue weighted by atomic mass is 16.5. The zero-order valence-electron chi connectivity index (χ0n) is 19.1. The standard InChI is InChI=1S/C27H28N2O4/c1-4-20-9-12-23(13-10-20)32-17-26(30)28-22-11-14-25-24(15-22)29(27(31)19(3)33-25)16-21-7-5-18(2)6-8-21/h5-15,19H,4,16-17H2,1-3H3,(H,28,30). The maximum absolute atomic E-state index is 12.9. The van der Waals surface area contributed by atoms with Gasteiger partial charge in [0.25, 0.3) is 11.8 Å². The molecule has 0 saturated heterocycles. The minimum Gasteiger partial charge on any atom is -0.484 e. The number of ether oxygens (including phenoxy) is 2. The zero-order valence-corrected chi connectivity index (χ0v) is 19.1. The number of fused-ring (bicyclic) bond motifs is 1. The van der Waals surface area contributed by atoms with Crippen LogP contribution in [0.1, 0.15) is 30.5 Å². The van der Waals surface area contributed by atoms with Crippen molar-refractivity contribution in [3.63, 3.8) is 0 Å². The fourth-order valence-corrected chi connectivity index (χ4v) is 3.69. The molecule has 6 nitrogen and oxygen atoms in total. The Balaban J connectivity index is 1.47. The summed E-state index contributed by atoms with van der Waals surface area (Å²) in [6, 6.07) is 21.1. The molecule has 0 fully saturated rings. The van der Waals surface area contributed by atoms with Gasteiger partial charge in [-0.25, -0.2) is 0 Å². The molecule has 1 aliphatic rings. The highest BCUT2D eigenvalue weighted by Crippen LogP contribution is 2.37. The van der Waals surface area contributed by atoms with Crippen LogP contribution >= 0.6 is 0 Å². The molecule has 0 saturated carbocycles. The lowest BCUT2D eigenvalue weighted by molar-refractivity contribution is -0.125. The van der Waals surface area contributed by atoms with Crippen molar-refractivity contribution in [1.29, 1.82) is 0 Å². The predicted octanol–water partition coefficient (Wildman–Crippen LogP) is 4.89. The Bertz CT molecular complexity index is 1140. The van der Waals surface area contributed by atoms with Gasteiger partial charge in [0.1, 0.15) is 11.5 Å². The molecular formula is C27H28N2O4. The molecule has 170 valence electrons. The number of benzene rings is 3. The predicted molar refractivity (Wildman–Crippen MR) is 129 cm³/mol. The van der Waals surface area contributed by atoms with Crippen LogP contribution in [-0.4, -0.2) is 24.5 Å². The molecule has 1 unspecified atom stereocenters. The average molecular weight is 445 g/mol. The van der Waals surface area contributed by atoms with Crippen LogP contribution in [0.25, 0.3) is 0 Å². The molecule has 1 N–H and O–H groups in total. The Morgan fingerprint density at radius 2 is 1.73 bits per heavy atom. The first-order valence-corrected chi connectivity index (χ1v) is 11.1. The van der Waals surface area contributed by atoms with Gasteiger partial charge in [-0.15, -0.1) is 0 Å². The molecule has 0 aromatic heterocycles. The molecule has 4 rings (SSSR count). The van der Waals surface area contributed by atoms with E-state index in [2.05, 4.69) is 12.2 Å². The number of nitrogens with one attached hydrogen (secondary N) is 1. The number of anilines is 2. The van der Waals surface area contributed by atoms with Crippen LogP contribution in [0.5, 0.6) is 11.5 Å². The molecule has 1 heterocycles. The summed E-state index contributed by atoms with van der Waals surface area (Å²) in [6.07, 6.45) is 0.376. The van der Waals surface area contributed by atoms with Crippen molar-refractivity contribution in [1.82, 2.24) is 0 Å². The van der Waals surface area contributed by atoms with Crippen LogP contribution in [0.15, 0.2) is 66.7 Å². The van der Waals surface area contributed by atoms with E-state index in [4.69, 9.17) is 9.47 Å². The van der Waals surface area contributed by atoms with Crippen LogP contribution in [0, 0.1) is 6.92 Å². The molecule has 6 heteroatoms. The van der Waals surface area contributed by atoms with Gasteiger partial charge in [-0.05, 0) is 61.7 Å². The first-order valence-electron chi connectivity index (χ1n) is 11.1. The van der Waals surface area contributed by atoms with Gasteiger partial charge < -0.3 is 19.7 Å². The van der Waals surface area contributed by atoms with Crippen LogP contribution in [-0.2, 0) is 22.6 Å². The molecule has 2 amide bonds. The van der Waals surface area contributed by atoms with Gasteiger partial charge >= 0.3 is 0 Å². The van der Waals surface area contributed by atoms with Crippen molar-refractivity contribution in [2.24, 2.45) is 0 Å². The number of carbonyl (C=O) groups excluding carboxylic acids is 2. The second-order valence-electron chi connectivity index (χ2n) is 8.19. The summed E-state index contributed by atoms with van der Waals surface area (Å²) >= 11 is 0. The second-order valence-corrected chi connectivity index (χ2v) is 8.19. The summed E-state index contributed by atoms with van der Waals surface area (Å²) in [5.41, 5.74) is 4.60. The van der Waals surface area contributed by atoms with Crippen molar-refractivity contribution in [3.05, 3.63) is 83.4 Å². The van der Waals surface area contributed by atoms with E-state index in [-0.39, 0.29) is 18.4 Å². The molecule has 0 spiro atoms. The van der Waals surface area contributed by atoms with E-state index in [1.807, 2.05) is 55.5 Å². The van der Waals surface area contributed by atoms with Crippen molar-refractivity contribution >= 4 is 23.2 Å². The third-order valence-corrected chi connectivity index (χ3v) is 5.61. The normalized spacial score (nSPS) is 14.9. The molecule has 1 aliphatic heterocycles. The quantitative estimate of drug-likeness (QED) is 0.564. The Labute approximate surface area is 194 Å². The van der Waals surface area contributed by atoms with Crippen LogP contribution in [0.4, 0.5) is 11.4 Å². The zero-order chi connectivity index (χ0) is 23.4. The van der Waals surface area contributed by atoms with Crippen molar-refractivity contribution in [2.75, 3.05) is 16.8 Å². The SMILES string of the molecule is CCc1ccc(OCC(=O)Nc2ccc3c(c2)N(Cc2ccc(C)cc2)C(=O)C(C)O3)cc1. The molecular weight excluding hydrogens is 416 g/mol. The van der Waals surface area contributed by atoms with Gasteiger partial charge in [-0.2, -0.15) is 0 Å². The minimum absolute atomic E-state index is 0.109. The van der Waals surface area contributed by atoms with Crippen LogP contribution in [0.3, 0.4) is 0 Å². The van der Waals surface area contributed by atoms with E-state index < -0.39 is 6.10 Å². The summed E-state index contributed by atoms with van der Waals surface area (Å²) < 4.78 is 11.4. The molecule has 0 aliphatic carbocycles. The van der Waals surface area contributed by atoms with Gasteiger partial charge in [0.15, 0.2) is 12.7 Å². The number of aryl methyl sites for hydroxylation is 2. The summed E-state index contributed by atoms with van der Waals surface area (Å²) in [5, 5.41) is 2.85. The molecule has 0 bridgehead atoms. The monoisotopic (exact) mass is 444 g/mol. The van der Waals surface area contributed by atoms with E-state index in [1.165, 1.54) is 5.56 Å². The van der Waals surface area contributed by atoms with Gasteiger partial charge in [0.2, 0.25) is 0 Å². The highest BCUT2D eigenvalue weighted by molar-refractivity contribution is 6.01. The van der Waals surface area contributed by atoms with Crippen molar-refractivity contribution < 1.29 is 19.1 Å². The lowest BCUT2D eigenvalue weighted by Crippen LogP contribution is -2.44. The van der Waals surface area contributed by atoms with E-state index in [0.717, 1.165) is 17.5 Å². The van der Waals surface area contributed by atoms with Crippen molar-refractivity contribution in [3.8, 4) is 11.5 Å². The van der Waals surface area contributed by atoms with E-state index in [1.54, 1.807) is 30.0 Å². The lowest BCUT2D eigenvalue weighted by atomic mass is 10.1. The van der Waals surface area contributed by atoms with E-state index in [0.29, 0.717) is 29.4 Å². The lowest BCUT2D eigenvalue weighted by Gasteiger charge is -2.33. The Morgan fingerprint density at radius 3 is 2.42 bits per heavy atom. The van der Waals surface area contributed by atoms with Crippen LogP contribution < -0.4 is 19.7 Å². The second kappa shape index (κ2) is 9.77. The van der Waals surface area contributed by atoms with Gasteiger partial charge in [0, 0.05) is 5.69 Å². The van der Waals surface area contributed by atoms with E-state index >= 15 is 0 Å². The summed E-state index contributed by atoms with van der Waals surface area (Å²) in [6.45, 7) is 6.17. The third kappa shape index (κ3) is 5.34. The maximum atomic E-state index is 12.9. The highest BCUT2D eigenvalue weighted by Gasteiger charge is 2.31. The Morgan fingerprint density at radius 1 is 1.03 bits per heavy atom. The maximum Gasteiger partial charge on any atom is 0.268 e. The largest absolute Gasteiger partial charge is 0.484 e. The number of hydrogen-bond donors (Lipinski definition) is 1. The number of nitrogens with zero attached hydrogens (tertiary/aromatic N) is 1. The third-order valence-electron chi connectivity index (χ3n) is 5.61. The number of hydrogen-bond acceptors (Lipinski definition) is 4. The van der Waals surface area contributed by atoms with E-state index in [9.17, 15) is 9.59 Å². The minimum atomic E-state index is -0.573. The molecule has 1 atom stereocenters. The summed E-state index contributed by atoms with van der Waals surface area (Å²) in [5.74, 6) is 0.853. The van der Waals surface area contributed by atoms with Gasteiger partial charge in [0.05, 0.1) is 12.2 Å². The van der Waals surface area contributed by atoms with Gasteiger partial charge in [-0.3, -0.25) is 9.59 Å². The average Bonchev–Trinajstić information content (AvgIpc) is 2.82. The fourth-order valence-electron chi connectivity index (χ4n) is 3.69. The van der Waals surface area contributed by atoms with Crippen molar-refractivity contribution in [2.45, 2.75) is 39.8 Å². The molecule has 33 heavy (non-hydrogen) atoms. The Kier molecular flexibility index (Phi) is 6.63. The fraction of sp³-hybridized carbons (Fsp3) is 0.259. The first-order chi connectivity index (χ1) is 15.9. The summed E-state index contributed by atoms with van der Waals surface area (Å²) in [4.78, 5) is 27.0. The summed E-state index contributed by atoms with van der Waals surface area (Å²) in [7, 11) is 0. The molecule has 0 radical (unpaired) electrons. The Hall–Kier alpha value is -3.80. The van der Waals surface area contributed by atoms with Gasteiger partial charge in [-0.1, -0.05) is 48.9 Å². The number of amides is 2. The van der Waals surface area contributed by atoms with Crippen LogP contribution in [0.2, 0.25) is 0 Å². The number of carbonyl (C=O) groups is 2. The first kappa shape index (κ1) is 22.4.